The van der Waals surface area contributed by atoms with E-state index >= 15 is 0 Å². The molecule has 0 aromatic heterocycles. The molecular formula is C18H27NO4. The van der Waals surface area contributed by atoms with Crippen molar-refractivity contribution in [3.05, 3.63) is 0 Å². The van der Waals surface area contributed by atoms with Crippen LogP contribution < -0.4 is 0 Å². The maximum Gasteiger partial charge on any atom is 0.409 e. The van der Waals surface area contributed by atoms with Crippen LogP contribution in [0.3, 0.4) is 0 Å². The lowest BCUT2D eigenvalue weighted by atomic mass is 9.61. The standard InChI is InChI=1S/C18H27NO4/c1-10-5-12-7-14(20)16-13-3-4-19(17(22)23-2)9-11(13)8-18(12,16)15(21)6-10/h10-14,16,20H,3-9H2,1-2H3/t10-,11-,12+,13+,14+,16+,18-/m1/s1. The minimum absolute atomic E-state index is 0.122. The Labute approximate surface area is 137 Å². The molecule has 7 atom stereocenters. The number of ether oxygens (including phenoxy) is 1. The van der Waals surface area contributed by atoms with Crippen molar-refractivity contribution < 1.29 is 19.4 Å². The van der Waals surface area contributed by atoms with Crippen LogP contribution in [0.25, 0.3) is 0 Å². The van der Waals surface area contributed by atoms with Gasteiger partial charge in [0.25, 0.3) is 0 Å². The summed E-state index contributed by atoms with van der Waals surface area (Å²) in [6, 6.07) is 0. The van der Waals surface area contributed by atoms with Gasteiger partial charge in [0.1, 0.15) is 5.78 Å². The highest BCUT2D eigenvalue weighted by molar-refractivity contribution is 5.87. The third-order valence-electron chi connectivity index (χ3n) is 7.29. The quantitative estimate of drug-likeness (QED) is 0.742. The maximum absolute atomic E-state index is 13.0. The van der Waals surface area contributed by atoms with Crippen LogP contribution in [0, 0.1) is 35.0 Å². The molecule has 0 aromatic carbocycles. The molecule has 1 amide bonds. The summed E-state index contributed by atoms with van der Waals surface area (Å²) < 4.78 is 4.86. The number of nitrogens with zero attached hydrogens (tertiary/aromatic N) is 1. The number of Topliss-reactive ketones (excluding diaryl/α,β-unsaturated/α-hetero) is 1. The average Bonchev–Trinajstić information content (AvgIpc) is 2.99. The molecule has 5 nitrogen and oxygen atoms in total. The van der Waals surface area contributed by atoms with Crippen LogP contribution in [0.1, 0.15) is 39.0 Å². The maximum atomic E-state index is 13.0. The Bertz CT molecular complexity index is 535. The number of hydrogen-bond donors (Lipinski definition) is 1. The number of ketones is 1. The van der Waals surface area contributed by atoms with Gasteiger partial charge < -0.3 is 14.7 Å². The Morgan fingerprint density at radius 3 is 2.91 bits per heavy atom. The molecule has 3 saturated carbocycles. The van der Waals surface area contributed by atoms with Gasteiger partial charge in [0.05, 0.1) is 13.2 Å². The molecule has 1 aliphatic heterocycles. The number of amides is 1. The molecule has 128 valence electrons. The summed E-state index contributed by atoms with van der Waals surface area (Å²) in [6.07, 6.45) is 3.68. The first-order chi connectivity index (χ1) is 11.0. The number of piperidine rings is 1. The van der Waals surface area contributed by atoms with E-state index in [0.29, 0.717) is 49.0 Å². The zero-order valence-corrected chi connectivity index (χ0v) is 14.0. The fourth-order valence-electron chi connectivity index (χ4n) is 6.61. The first kappa shape index (κ1) is 15.4. The van der Waals surface area contributed by atoms with E-state index in [1.54, 1.807) is 4.90 Å². The first-order valence-electron chi connectivity index (χ1n) is 9.01. The lowest BCUT2D eigenvalue weighted by Gasteiger charge is -2.41. The molecule has 0 aromatic rings. The van der Waals surface area contributed by atoms with Crippen LogP contribution in [0.2, 0.25) is 0 Å². The summed E-state index contributed by atoms with van der Waals surface area (Å²) in [5, 5.41) is 10.7. The molecule has 3 aliphatic carbocycles. The molecule has 5 heteroatoms. The number of aliphatic hydroxyl groups excluding tert-OH is 1. The highest BCUT2D eigenvalue weighted by Gasteiger charge is 2.68. The van der Waals surface area contributed by atoms with Crippen molar-refractivity contribution in [2.24, 2.45) is 35.0 Å². The summed E-state index contributed by atoms with van der Waals surface area (Å²) in [4.78, 5) is 26.6. The Morgan fingerprint density at radius 1 is 1.39 bits per heavy atom. The van der Waals surface area contributed by atoms with E-state index < -0.39 is 0 Å². The Balaban J connectivity index is 1.63. The Hall–Kier alpha value is -1.10. The number of rotatable bonds is 0. The second-order valence-corrected chi connectivity index (χ2v) is 8.37. The monoisotopic (exact) mass is 321 g/mol. The van der Waals surface area contributed by atoms with Crippen molar-refractivity contribution in [2.75, 3.05) is 20.2 Å². The number of carbonyl (C=O) groups excluding carboxylic acids is 2. The van der Waals surface area contributed by atoms with Crippen molar-refractivity contribution in [3.63, 3.8) is 0 Å². The zero-order valence-electron chi connectivity index (χ0n) is 14.0. The fourth-order valence-corrected chi connectivity index (χ4v) is 6.61. The van der Waals surface area contributed by atoms with E-state index in [2.05, 4.69) is 6.92 Å². The smallest absolute Gasteiger partial charge is 0.409 e. The molecule has 1 saturated heterocycles. The van der Waals surface area contributed by atoms with E-state index in [4.69, 9.17) is 4.74 Å². The van der Waals surface area contributed by atoms with Gasteiger partial charge in [-0.2, -0.15) is 0 Å². The van der Waals surface area contributed by atoms with Gasteiger partial charge in [0.2, 0.25) is 0 Å². The van der Waals surface area contributed by atoms with Gasteiger partial charge in [-0.05, 0) is 49.4 Å². The van der Waals surface area contributed by atoms with Crippen LogP contribution in [0.5, 0.6) is 0 Å². The number of aliphatic hydroxyl groups is 1. The molecule has 4 rings (SSSR count). The molecule has 0 unspecified atom stereocenters. The fraction of sp³-hybridized carbons (Fsp3) is 0.889. The lowest BCUT2D eigenvalue weighted by Crippen LogP contribution is -2.45. The second kappa shape index (κ2) is 5.20. The average molecular weight is 321 g/mol. The van der Waals surface area contributed by atoms with Crippen LogP contribution in [-0.2, 0) is 9.53 Å². The number of fused-ring (bicyclic) bond motifs is 2. The highest BCUT2D eigenvalue weighted by Crippen LogP contribution is 2.66. The van der Waals surface area contributed by atoms with Gasteiger partial charge in [-0.3, -0.25) is 4.79 Å². The normalized spacial score (nSPS) is 48.7. The highest BCUT2D eigenvalue weighted by atomic mass is 16.5. The third kappa shape index (κ3) is 2.01. The van der Waals surface area contributed by atoms with Crippen molar-refractivity contribution >= 4 is 11.9 Å². The molecular weight excluding hydrogens is 294 g/mol. The van der Waals surface area contributed by atoms with Crippen molar-refractivity contribution in [1.29, 1.82) is 0 Å². The van der Waals surface area contributed by atoms with Crippen LogP contribution >= 0.6 is 0 Å². The largest absolute Gasteiger partial charge is 0.453 e. The van der Waals surface area contributed by atoms with Crippen LogP contribution in [-0.4, -0.2) is 48.2 Å². The summed E-state index contributed by atoms with van der Waals surface area (Å²) in [5.74, 6) is 2.02. The first-order valence-corrected chi connectivity index (χ1v) is 9.01. The number of likely N-dealkylation sites (tertiary alicyclic amines) is 1. The van der Waals surface area contributed by atoms with Gasteiger partial charge in [-0.15, -0.1) is 0 Å². The predicted molar refractivity (Wildman–Crippen MR) is 83.6 cm³/mol. The van der Waals surface area contributed by atoms with E-state index in [1.165, 1.54) is 7.11 Å². The molecule has 1 N–H and O–H groups in total. The molecule has 23 heavy (non-hydrogen) atoms. The molecule has 0 radical (unpaired) electrons. The van der Waals surface area contributed by atoms with Gasteiger partial charge in [-0.1, -0.05) is 6.92 Å². The van der Waals surface area contributed by atoms with Crippen LogP contribution in [0.4, 0.5) is 4.79 Å². The van der Waals surface area contributed by atoms with E-state index in [9.17, 15) is 14.7 Å². The SMILES string of the molecule is COC(=O)N1CC[C@H]2[C@@H](C1)C[C@]13C(=O)C[C@H](C)C[C@H]1C[C@H](O)[C@H]23. The minimum atomic E-state index is -0.339. The molecule has 4 fully saturated rings. The summed E-state index contributed by atoms with van der Waals surface area (Å²) >= 11 is 0. The van der Waals surface area contributed by atoms with Gasteiger partial charge in [0.15, 0.2) is 0 Å². The Morgan fingerprint density at radius 2 is 2.17 bits per heavy atom. The van der Waals surface area contributed by atoms with Gasteiger partial charge in [0, 0.05) is 30.8 Å². The van der Waals surface area contributed by atoms with Crippen molar-refractivity contribution in [2.45, 2.75) is 45.1 Å². The Kier molecular flexibility index (Phi) is 3.49. The van der Waals surface area contributed by atoms with Crippen molar-refractivity contribution in [3.8, 4) is 0 Å². The van der Waals surface area contributed by atoms with E-state index in [-0.39, 0.29) is 23.5 Å². The number of carbonyl (C=O) groups is 2. The topological polar surface area (TPSA) is 66.8 Å². The van der Waals surface area contributed by atoms with Crippen LogP contribution in [0.15, 0.2) is 0 Å². The summed E-state index contributed by atoms with van der Waals surface area (Å²) in [5.41, 5.74) is -0.298. The molecule has 4 aliphatic rings. The summed E-state index contributed by atoms with van der Waals surface area (Å²) in [6.45, 7) is 3.52. The second-order valence-electron chi connectivity index (χ2n) is 8.37. The molecule has 1 spiro atoms. The number of hydrogen-bond acceptors (Lipinski definition) is 4. The summed E-state index contributed by atoms with van der Waals surface area (Å²) in [7, 11) is 1.42. The third-order valence-corrected chi connectivity index (χ3v) is 7.29. The lowest BCUT2D eigenvalue weighted by molar-refractivity contribution is -0.138. The number of methoxy groups -OCH3 is 1. The van der Waals surface area contributed by atoms with Gasteiger partial charge >= 0.3 is 6.09 Å². The van der Waals surface area contributed by atoms with Crippen molar-refractivity contribution in [1.82, 2.24) is 4.90 Å². The predicted octanol–water partition coefficient (Wildman–Crippen LogP) is 2.08. The minimum Gasteiger partial charge on any atom is -0.453 e. The molecule has 1 heterocycles. The zero-order chi connectivity index (χ0) is 16.4. The van der Waals surface area contributed by atoms with Gasteiger partial charge in [-0.25, -0.2) is 4.79 Å². The van der Waals surface area contributed by atoms with E-state index in [0.717, 1.165) is 25.7 Å². The van der Waals surface area contributed by atoms with E-state index in [1.807, 2.05) is 0 Å². The molecule has 0 bridgehead atoms.